The van der Waals surface area contributed by atoms with Crippen LogP contribution in [0.1, 0.15) is 22.8 Å². The van der Waals surface area contributed by atoms with Gasteiger partial charge in [0.25, 0.3) is 0 Å². The Kier molecular flexibility index (Phi) is 3.66. The van der Waals surface area contributed by atoms with Crippen LogP contribution in [0.4, 0.5) is 10.2 Å². The van der Waals surface area contributed by atoms with Crippen LogP contribution in [-0.2, 0) is 0 Å². The normalized spacial score (nSPS) is 12.2. The molecule has 0 bridgehead atoms. The van der Waals surface area contributed by atoms with E-state index >= 15 is 0 Å². The molecule has 0 aliphatic carbocycles. The van der Waals surface area contributed by atoms with E-state index in [0.29, 0.717) is 5.56 Å². The summed E-state index contributed by atoms with van der Waals surface area (Å²) in [6.45, 7) is 1.78. The van der Waals surface area contributed by atoms with Gasteiger partial charge in [0.15, 0.2) is 0 Å². The molecule has 2 aromatic rings. The van der Waals surface area contributed by atoms with E-state index in [2.05, 4.69) is 4.98 Å². The van der Waals surface area contributed by atoms with E-state index in [1.807, 2.05) is 0 Å². The summed E-state index contributed by atoms with van der Waals surface area (Å²) in [6, 6.07) is 6.08. The third-order valence-electron chi connectivity index (χ3n) is 3.02. The monoisotopic (exact) mass is 262 g/mol. The maximum Gasteiger partial charge on any atom is 0.133 e. The number of nitrogen functional groups attached to an aromatic ring is 1. The summed E-state index contributed by atoms with van der Waals surface area (Å²) in [5.41, 5.74) is 6.97. The molecule has 0 amide bonds. The molecule has 19 heavy (non-hydrogen) atoms. The van der Waals surface area contributed by atoms with Crippen LogP contribution < -0.4 is 10.5 Å². The van der Waals surface area contributed by atoms with E-state index in [0.717, 1.165) is 5.56 Å². The van der Waals surface area contributed by atoms with Crippen molar-refractivity contribution in [2.24, 2.45) is 0 Å². The molecule has 0 spiro atoms. The number of nitrogens with zero attached hydrogens (tertiary/aromatic N) is 1. The Morgan fingerprint density at radius 3 is 2.68 bits per heavy atom. The van der Waals surface area contributed by atoms with Gasteiger partial charge in [0.05, 0.1) is 12.7 Å². The van der Waals surface area contributed by atoms with Crippen LogP contribution in [0, 0.1) is 12.7 Å². The molecule has 0 saturated heterocycles. The van der Waals surface area contributed by atoms with Crippen LogP contribution >= 0.6 is 0 Å². The highest BCUT2D eigenvalue weighted by atomic mass is 19.1. The summed E-state index contributed by atoms with van der Waals surface area (Å²) in [7, 11) is 1.42. The van der Waals surface area contributed by atoms with Gasteiger partial charge >= 0.3 is 0 Å². The van der Waals surface area contributed by atoms with Gasteiger partial charge in [-0.2, -0.15) is 0 Å². The van der Waals surface area contributed by atoms with E-state index in [4.69, 9.17) is 10.5 Å². The minimum Gasteiger partial charge on any atom is -0.496 e. The molecule has 1 atom stereocenters. The van der Waals surface area contributed by atoms with Crippen molar-refractivity contribution >= 4 is 5.82 Å². The van der Waals surface area contributed by atoms with Gasteiger partial charge < -0.3 is 15.6 Å². The summed E-state index contributed by atoms with van der Waals surface area (Å²) in [4.78, 5) is 3.93. The van der Waals surface area contributed by atoms with Crippen LogP contribution in [-0.4, -0.2) is 17.2 Å². The van der Waals surface area contributed by atoms with Crippen LogP contribution in [0.2, 0.25) is 0 Å². The highest BCUT2D eigenvalue weighted by Crippen LogP contribution is 2.35. The Hall–Kier alpha value is -2.14. The summed E-state index contributed by atoms with van der Waals surface area (Å²) in [5.74, 6) is -0.0949. The minimum atomic E-state index is -1.22. The number of ether oxygens (including phenoxy) is 1. The Bertz CT molecular complexity index is 582. The van der Waals surface area contributed by atoms with Crippen LogP contribution in [0.5, 0.6) is 5.75 Å². The van der Waals surface area contributed by atoms with Gasteiger partial charge in [-0.1, -0.05) is 6.07 Å². The third-order valence-corrected chi connectivity index (χ3v) is 3.02. The predicted molar refractivity (Wildman–Crippen MR) is 70.4 cm³/mol. The first kappa shape index (κ1) is 13.3. The molecule has 0 fully saturated rings. The molecule has 1 heterocycles. The standard InChI is InChI=1S/C14H15FN2O2/c1-8-6-7-17-14(16)11(8)13(18)12-9(15)4-3-5-10(12)19-2/h3-7,13,18H,1-2H3,(H2,16,17). The summed E-state index contributed by atoms with van der Waals surface area (Å²) >= 11 is 0. The average molecular weight is 262 g/mol. The molecule has 0 saturated carbocycles. The molecule has 0 radical (unpaired) electrons. The third kappa shape index (κ3) is 2.37. The lowest BCUT2D eigenvalue weighted by atomic mass is 9.97. The van der Waals surface area contributed by atoms with Crippen molar-refractivity contribution < 1.29 is 14.2 Å². The lowest BCUT2D eigenvalue weighted by molar-refractivity contribution is 0.208. The van der Waals surface area contributed by atoms with Gasteiger partial charge in [0.1, 0.15) is 23.5 Å². The smallest absolute Gasteiger partial charge is 0.133 e. The number of hydrogen-bond donors (Lipinski definition) is 2. The molecule has 5 heteroatoms. The van der Waals surface area contributed by atoms with Gasteiger partial charge in [0.2, 0.25) is 0 Å². The molecule has 1 unspecified atom stereocenters. The first-order valence-corrected chi connectivity index (χ1v) is 5.77. The zero-order valence-electron chi connectivity index (χ0n) is 10.7. The molecule has 0 aliphatic heterocycles. The van der Waals surface area contributed by atoms with Crippen molar-refractivity contribution in [3.8, 4) is 5.75 Å². The van der Waals surface area contributed by atoms with Gasteiger partial charge in [-0.25, -0.2) is 9.37 Å². The van der Waals surface area contributed by atoms with E-state index in [9.17, 15) is 9.50 Å². The fourth-order valence-corrected chi connectivity index (χ4v) is 2.05. The number of halogens is 1. The Morgan fingerprint density at radius 2 is 2.05 bits per heavy atom. The van der Waals surface area contributed by atoms with Gasteiger partial charge in [-0.3, -0.25) is 0 Å². The zero-order chi connectivity index (χ0) is 14.0. The topological polar surface area (TPSA) is 68.4 Å². The van der Waals surface area contributed by atoms with Crippen LogP contribution in [0.25, 0.3) is 0 Å². The first-order chi connectivity index (χ1) is 9.06. The summed E-state index contributed by atoms with van der Waals surface area (Å²) in [5, 5.41) is 10.4. The number of methoxy groups -OCH3 is 1. The van der Waals surface area contributed by atoms with Gasteiger partial charge in [-0.15, -0.1) is 0 Å². The fourth-order valence-electron chi connectivity index (χ4n) is 2.05. The molecule has 100 valence electrons. The number of anilines is 1. The number of benzene rings is 1. The highest BCUT2D eigenvalue weighted by Gasteiger charge is 2.23. The highest BCUT2D eigenvalue weighted by molar-refractivity contribution is 5.51. The molecular weight excluding hydrogens is 247 g/mol. The van der Waals surface area contributed by atoms with E-state index in [1.54, 1.807) is 25.3 Å². The number of nitrogens with two attached hydrogens (primary N) is 1. The Balaban J connectivity index is 2.59. The zero-order valence-corrected chi connectivity index (χ0v) is 10.7. The van der Waals surface area contributed by atoms with Crippen molar-refractivity contribution in [1.82, 2.24) is 4.98 Å². The summed E-state index contributed by atoms with van der Waals surface area (Å²) < 4.78 is 19.0. The summed E-state index contributed by atoms with van der Waals surface area (Å²) in [6.07, 6.45) is 0.323. The largest absolute Gasteiger partial charge is 0.496 e. The van der Waals surface area contributed by atoms with Crippen molar-refractivity contribution in [2.75, 3.05) is 12.8 Å². The maximum absolute atomic E-state index is 13.9. The molecule has 1 aromatic heterocycles. The number of pyridine rings is 1. The SMILES string of the molecule is COc1cccc(F)c1C(O)c1c(C)ccnc1N. The van der Waals surface area contributed by atoms with Crippen LogP contribution in [0.3, 0.4) is 0 Å². The number of aryl methyl sites for hydroxylation is 1. The second-order valence-electron chi connectivity index (χ2n) is 4.19. The average Bonchev–Trinajstić information content (AvgIpc) is 2.37. The first-order valence-electron chi connectivity index (χ1n) is 5.77. The van der Waals surface area contributed by atoms with Crippen molar-refractivity contribution in [3.05, 3.63) is 53.0 Å². The minimum absolute atomic E-state index is 0.0628. The lowest BCUT2D eigenvalue weighted by Crippen LogP contribution is -2.10. The number of aliphatic hydroxyl groups is 1. The second kappa shape index (κ2) is 5.24. The number of aromatic nitrogens is 1. The number of rotatable bonds is 3. The van der Waals surface area contributed by atoms with Gasteiger partial charge in [-0.05, 0) is 30.7 Å². The molecule has 1 aromatic carbocycles. The van der Waals surface area contributed by atoms with E-state index in [-0.39, 0.29) is 17.1 Å². The second-order valence-corrected chi connectivity index (χ2v) is 4.19. The van der Waals surface area contributed by atoms with Crippen molar-refractivity contribution in [3.63, 3.8) is 0 Å². The number of aliphatic hydroxyl groups excluding tert-OH is 1. The van der Waals surface area contributed by atoms with Crippen LogP contribution in [0.15, 0.2) is 30.5 Å². The predicted octanol–water partition coefficient (Wildman–Crippen LogP) is 2.20. The molecule has 3 N–H and O–H groups in total. The molecule has 0 aliphatic rings. The lowest BCUT2D eigenvalue weighted by Gasteiger charge is -2.18. The van der Waals surface area contributed by atoms with E-state index in [1.165, 1.54) is 19.2 Å². The quantitative estimate of drug-likeness (QED) is 0.889. The Labute approximate surface area is 110 Å². The number of hydrogen-bond acceptors (Lipinski definition) is 4. The molecule has 4 nitrogen and oxygen atoms in total. The molecular formula is C14H15FN2O2. The fraction of sp³-hybridized carbons (Fsp3) is 0.214. The van der Waals surface area contributed by atoms with Gasteiger partial charge in [0, 0.05) is 11.8 Å². The molecule has 2 rings (SSSR count). The van der Waals surface area contributed by atoms with Crippen molar-refractivity contribution in [1.29, 1.82) is 0 Å². The Morgan fingerprint density at radius 1 is 1.32 bits per heavy atom. The van der Waals surface area contributed by atoms with E-state index < -0.39 is 11.9 Å². The maximum atomic E-state index is 13.9. The van der Waals surface area contributed by atoms with Crippen molar-refractivity contribution in [2.45, 2.75) is 13.0 Å².